The van der Waals surface area contributed by atoms with Crippen molar-refractivity contribution in [1.29, 1.82) is 5.26 Å². The van der Waals surface area contributed by atoms with Gasteiger partial charge >= 0.3 is 0 Å². The second-order valence-corrected chi connectivity index (χ2v) is 6.67. The lowest BCUT2D eigenvalue weighted by molar-refractivity contribution is 0.399. The molecule has 1 aliphatic carbocycles. The molecule has 0 unspecified atom stereocenters. The van der Waals surface area contributed by atoms with E-state index in [9.17, 15) is 12.8 Å². The third-order valence-electron chi connectivity index (χ3n) is 3.68. The molecule has 0 radical (unpaired) electrons. The molecule has 3 N–H and O–H groups in total. The molecule has 20 heavy (non-hydrogen) atoms. The van der Waals surface area contributed by atoms with E-state index in [2.05, 4.69) is 4.72 Å². The van der Waals surface area contributed by atoms with Gasteiger partial charge < -0.3 is 5.73 Å². The lowest BCUT2D eigenvalue weighted by Crippen LogP contribution is -2.51. The maximum absolute atomic E-state index is 13.5. The van der Waals surface area contributed by atoms with Crippen molar-refractivity contribution in [2.75, 3.05) is 6.54 Å². The van der Waals surface area contributed by atoms with Gasteiger partial charge in [0, 0.05) is 12.1 Å². The Labute approximate surface area is 117 Å². The summed E-state index contributed by atoms with van der Waals surface area (Å²) >= 11 is 0. The molecular weight excluding hydrogens is 281 g/mol. The Bertz CT molecular complexity index is 646. The number of nitriles is 1. The number of hydrogen-bond acceptors (Lipinski definition) is 4. The first kappa shape index (κ1) is 14.9. The minimum absolute atomic E-state index is 0.184. The van der Waals surface area contributed by atoms with Crippen LogP contribution >= 0.6 is 0 Å². The summed E-state index contributed by atoms with van der Waals surface area (Å²) in [5.41, 5.74) is 4.54. The molecule has 5 nitrogen and oxygen atoms in total. The number of hydrogen-bond donors (Lipinski definition) is 2. The number of benzene rings is 1. The molecule has 108 valence electrons. The van der Waals surface area contributed by atoms with Gasteiger partial charge in [0.25, 0.3) is 0 Å². The maximum Gasteiger partial charge on any atom is 0.242 e. The van der Waals surface area contributed by atoms with E-state index >= 15 is 0 Å². The molecule has 0 spiro atoms. The highest BCUT2D eigenvalue weighted by Gasteiger charge is 2.37. The molecule has 1 fully saturated rings. The molecule has 7 heteroatoms. The highest BCUT2D eigenvalue weighted by atomic mass is 32.2. The lowest BCUT2D eigenvalue weighted by atomic mass is 10.0. The fourth-order valence-electron chi connectivity index (χ4n) is 2.58. The Kier molecular flexibility index (Phi) is 4.09. The van der Waals surface area contributed by atoms with Gasteiger partial charge in [-0.25, -0.2) is 17.5 Å². The van der Waals surface area contributed by atoms with Crippen LogP contribution in [0.25, 0.3) is 0 Å². The summed E-state index contributed by atoms with van der Waals surface area (Å²) in [7, 11) is -3.97. The Balaban J connectivity index is 2.42. The van der Waals surface area contributed by atoms with Crippen LogP contribution in [0.5, 0.6) is 0 Å². The zero-order valence-electron chi connectivity index (χ0n) is 10.9. The number of nitrogens with two attached hydrogens (primary N) is 1. The summed E-state index contributed by atoms with van der Waals surface area (Å²) in [4.78, 5) is -0.334. The second-order valence-electron chi connectivity index (χ2n) is 5.02. The van der Waals surface area contributed by atoms with E-state index in [1.807, 2.05) is 0 Å². The molecule has 0 amide bonds. The first-order valence-corrected chi connectivity index (χ1v) is 7.85. The number of sulfonamides is 1. The van der Waals surface area contributed by atoms with Gasteiger partial charge in [0.2, 0.25) is 10.0 Å². The van der Waals surface area contributed by atoms with Crippen molar-refractivity contribution < 1.29 is 12.8 Å². The topological polar surface area (TPSA) is 96.0 Å². The van der Waals surface area contributed by atoms with Crippen molar-refractivity contribution in [3.63, 3.8) is 0 Å². The monoisotopic (exact) mass is 297 g/mol. The first-order chi connectivity index (χ1) is 9.44. The van der Waals surface area contributed by atoms with E-state index in [1.165, 1.54) is 12.1 Å². The summed E-state index contributed by atoms with van der Waals surface area (Å²) < 4.78 is 40.9. The average molecular weight is 297 g/mol. The molecule has 1 saturated carbocycles. The van der Waals surface area contributed by atoms with Crippen molar-refractivity contribution in [1.82, 2.24) is 4.72 Å². The van der Waals surface area contributed by atoms with E-state index in [1.54, 1.807) is 6.07 Å². The van der Waals surface area contributed by atoms with Crippen molar-refractivity contribution in [2.24, 2.45) is 5.73 Å². The van der Waals surface area contributed by atoms with Crippen molar-refractivity contribution >= 4 is 10.0 Å². The molecule has 1 aromatic rings. The van der Waals surface area contributed by atoms with Gasteiger partial charge in [-0.1, -0.05) is 18.9 Å². The maximum atomic E-state index is 13.5. The van der Waals surface area contributed by atoms with Crippen molar-refractivity contribution in [2.45, 2.75) is 36.1 Å². The third kappa shape index (κ3) is 2.68. The molecule has 0 aliphatic heterocycles. The molecule has 0 bridgehead atoms. The van der Waals surface area contributed by atoms with Crippen LogP contribution in [0.15, 0.2) is 23.1 Å². The van der Waals surface area contributed by atoms with Gasteiger partial charge in [-0.15, -0.1) is 0 Å². The molecule has 1 aliphatic rings. The minimum atomic E-state index is -3.97. The molecule has 2 rings (SSSR count). The van der Waals surface area contributed by atoms with Gasteiger partial charge in [0.1, 0.15) is 22.3 Å². The molecule has 0 heterocycles. The third-order valence-corrected chi connectivity index (χ3v) is 5.30. The molecule has 1 aromatic carbocycles. The number of halogens is 1. The SMILES string of the molecule is N#Cc1c(F)cccc1S(=O)(=O)NC1(CN)CCCC1. The normalized spacial score (nSPS) is 17.9. The Morgan fingerprint density at radius 2 is 2.05 bits per heavy atom. The minimum Gasteiger partial charge on any atom is -0.329 e. The zero-order chi connectivity index (χ0) is 14.8. The number of rotatable bonds is 4. The van der Waals surface area contributed by atoms with Gasteiger partial charge in [0.05, 0.1) is 0 Å². The summed E-state index contributed by atoms with van der Waals surface area (Å²) in [5.74, 6) is -0.844. The van der Waals surface area contributed by atoms with Gasteiger partial charge in [-0.3, -0.25) is 0 Å². The Morgan fingerprint density at radius 3 is 2.60 bits per heavy atom. The molecular formula is C13H16FN3O2S. The van der Waals surface area contributed by atoms with Crippen LogP contribution in [0.1, 0.15) is 31.2 Å². The van der Waals surface area contributed by atoms with Crippen LogP contribution in [0.4, 0.5) is 4.39 Å². The second kappa shape index (κ2) is 5.48. The van der Waals surface area contributed by atoms with Gasteiger partial charge in [-0.2, -0.15) is 5.26 Å². The van der Waals surface area contributed by atoms with E-state index in [0.29, 0.717) is 12.8 Å². The summed E-state index contributed by atoms with van der Waals surface area (Å²) in [6, 6.07) is 5.16. The van der Waals surface area contributed by atoms with Gasteiger partial charge in [-0.05, 0) is 25.0 Å². The van der Waals surface area contributed by atoms with Crippen LogP contribution < -0.4 is 10.5 Å². The van der Waals surface area contributed by atoms with Gasteiger partial charge in [0.15, 0.2) is 0 Å². The average Bonchev–Trinajstić information content (AvgIpc) is 2.87. The number of nitrogens with one attached hydrogen (secondary N) is 1. The van der Waals surface area contributed by atoms with Crippen LogP contribution in [0, 0.1) is 17.1 Å². The Hall–Kier alpha value is -1.49. The highest BCUT2D eigenvalue weighted by molar-refractivity contribution is 7.89. The van der Waals surface area contributed by atoms with Crippen LogP contribution in [-0.2, 0) is 10.0 Å². The van der Waals surface area contributed by atoms with Crippen LogP contribution in [0.3, 0.4) is 0 Å². The van der Waals surface area contributed by atoms with E-state index in [4.69, 9.17) is 11.0 Å². The van der Waals surface area contributed by atoms with E-state index in [-0.39, 0.29) is 11.4 Å². The highest BCUT2D eigenvalue weighted by Crippen LogP contribution is 2.31. The van der Waals surface area contributed by atoms with E-state index in [0.717, 1.165) is 18.9 Å². The number of nitrogens with zero attached hydrogens (tertiary/aromatic N) is 1. The Morgan fingerprint density at radius 1 is 1.40 bits per heavy atom. The molecule has 0 atom stereocenters. The fourth-order valence-corrected chi connectivity index (χ4v) is 4.21. The quantitative estimate of drug-likeness (QED) is 0.874. The molecule has 0 aromatic heterocycles. The summed E-state index contributed by atoms with van der Waals surface area (Å²) in [6.45, 7) is 0.184. The first-order valence-electron chi connectivity index (χ1n) is 6.37. The van der Waals surface area contributed by atoms with Crippen molar-refractivity contribution in [3.05, 3.63) is 29.6 Å². The van der Waals surface area contributed by atoms with Crippen LogP contribution in [-0.4, -0.2) is 20.5 Å². The zero-order valence-corrected chi connectivity index (χ0v) is 11.7. The lowest BCUT2D eigenvalue weighted by Gasteiger charge is -2.28. The summed E-state index contributed by atoms with van der Waals surface area (Å²) in [6.07, 6.45) is 3.10. The largest absolute Gasteiger partial charge is 0.329 e. The summed E-state index contributed by atoms with van der Waals surface area (Å²) in [5, 5.41) is 8.94. The molecule has 0 saturated heterocycles. The van der Waals surface area contributed by atoms with Crippen LogP contribution in [0.2, 0.25) is 0 Å². The smallest absolute Gasteiger partial charge is 0.242 e. The predicted molar refractivity (Wildman–Crippen MR) is 71.7 cm³/mol. The fraction of sp³-hybridized carbons (Fsp3) is 0.462. The van der Waals surface area contributed by atoms with E-state index < -0.39 is 26.9 Å². The van der Waals surface area contributed by atoms with Crippen molar-refractivity contribution in [3.8, 4) is 6.07 Å². The predicted octanol–water partition coefficient (Wildman–Crippen LogP) is 1.25. The standard InChI is InChI=1S/C13H16FN3O2S/c14-11-4-3-5-12(10(11)8-15)20(18,19)17-13(9-16)6-1-2-7-13/h3-5,17H,1-2,6-7,9,16H2.